The number of nitrogens with two attached hydrogens (primary N) is 1. The SMILES string of the molecule is CC.CN(CC(C)(C)C)C(=O)OCC1=CC=C(N)CC1. The number of carbonyl (C=O) groups excluding carboxylic acids is 1. The quantitative estimate of drug-likeness (QED) is 0.859. The Labute approximate surface area is 123 Å². The molecule has 0 aromatic heterocycles. The van der Waals surface area contributed by atoms with E-state index in [-0.39, 0.29) is 11.5 Å². The summed E-state index contributed by atoms with van der Waals surface area (Å²) >= 11 is 0. The Morgan fingerprint density at radius 1 is 1.30 bits per heavy atom. The highest BCUT2D eigenvalue weighted by atomic mass is 16.6. The zero-order valence-corrected chi connectivity index (χ0v) is 13.8. The highest BCUT2D eigenvalue weighted by Crippen LogP contribution is 2.17. The fourth-order valence-corrected chi connectivity index (χ4v) is 1.86. The summed E-state index contributed by atoms with van der Waals surface area (Å²) in [6.07, 6.45) is 5.27. The molecule has 0 unspecified atom stereocenters. The van der Waals surface area contributed by atoms with Crippen LogP contribution in [0.1, 0.15) is 47.5 Å². The van der Waals surface area contributed by atoms with Crippen molar-refractivity contribution in [3.8, 4) is 0 Å². The first kappa shape index (κ1) is 18.6. The second kappa shape index (κ2) is 8.67. The van der Waals surface area contributed by atoms with Gasteiger partial charge in [0.05, 0.1) is 0 Å². The number of carbonyl (C=O) groups is 1. The Morgan fingerprint density at radius 2 is 1.90 bits per heavy atom. The van der Waals surface area contributed by atoms with Gasteiger partial charge in [-0.15, -0.1) is 0 Å². The summed E-state index contributed by atoms with van der Waals surface area (Å²) in [6, 6.07) is 0. The first-order chi connectivity index (χ1) is 9.28. The molecule has 0 spiro atoms. The van der Waals surface area contributed by atoms with Crippen molar-refractivity contribution in [3.05, 3.63) is 23.4 Å². The van der Waals surface area contributed by atoms with Crippen molar-refractivity contribution >= 4 is 6.09 Å². The zero-order valence-electron chi connectivity index (χ0n) is 13.8. The number of hydrogen-bond acceptors (Lipinski definition) is 3. The molecule has 4 nitrogen and oxygen atoms in total. The molecule has 1 rings (SSSR count). The summed E-state index contributed by atoms with van der Waals surface area (Å²) < 4.78 is 5.27. The first-order valence-electron chi connectivity index (χ1n) is 7.30. The van der Waals surface area contributed by atoms with Gasteiger partial charge in [-0.25, -0.2) is 4.79 Å². The van der Waals surface area contributed by atoms with E-state index in [4.69, 9.17) is 10.5 Å². The molecule has 1 aliphatic carbocycles. The Hall–Kier alpha value is -1.45. The van der Waals surface area contributed by atoms with E-state index in [1.807, 2.05) is 26.0 Å². The van der Waals surface area contributed by atoms with Gasteiger partial charge in [0, 0.05) is 19.3 Å². The number of nitrogens with zero attached hydrogens (tertiary/aromatic N) is 1. The summed E-state index contributed by atoms with van der Waals surface area (Å²) in [4.78, 5) is 13.4. The minimum Gasteiger partial charge on any atom is -0.445 e. The predicted molar refractivity (Wildman–Crippen MR) is 84.4 cm³/mol. The fourth-order valence-electron chi connectivity index (χ4n) is 1.86. The lowest BCUT2D eigenvalue weighted by molar-refractivity contribution is 0.106. The largest absolute Gasteiger partial charge is 0.445 e. The van der Waals surface area contributed by atoms with Crippen molar-refractivity contribution in [3.63, 3.8) is 0 Å². The Bertz CT molecular complexity index is 365. The molecule has 0 atom stereocenters. The van der Waals surface area contributed by atoms with E-state index in [2.05, 4.69) is 20.8 Å². The summed E-state index contributed by atoms with van der Waals surface area (Å²) in [5.74, 6) is 0. The van der Waals surface area contributed by atoms with Crippen molar-refractivity contribution in [2.75, 3.05) is 20.2 Å². The number of amides is 1. The predicted octanol–water partition coefficient (Wildman–Crippen LogP) is 3.69. The van der Waals surface area contributed by atoms with Gasteiger partial charge in [-0.3, -0.25) is 0 Å². The van der Waals surface area contributed by atoms with E-state index in [0.717, 1.165) is 24.1 Å². The molecule has 20 heavy (non-hydrogen) atoms. The van der Waals surface area contributed by atoms with Crippen LogP contribution in [-0.2, 0) is 4.74 Å². The van der Waals surface area contributed by atoms with Gasteiger partial charge in [0.25, 0.3) is 0 Å². The van der Waals surface area contributed by atoms with Gasteiger partial charge < -0.3 is 15.4 Å². The van der Waals surface area contributed by atoms with Gasteiger partial charge in [-0.2, -0.15) is 0 Å². The highest BCUT2D eigenvalue weighted by molar-refractivity contribution is 5.67. The molecule has 0 aromatic rings. The number of hydrogen-bond donors (Lipinski definition) is 1. The number of ether oxygens (including phenoxy) is 1. The standard InChI is InChI=1S/C14H24N2O2.C2H6/c1-14(2,3)10-16(4)13(17)18-9-11-5-7-12(15)8-6-11;1-2/h5,7H,6,8-10,15H2,1-4H3;1-2H3. The van der Waals surface area contributed by atoms with E-state index in [1.165, 1.54) is 0 Å². The average molecular weight is 282 g/mol. The molecule has 1 aliphatic rings. The molecule has 0 radical (unpaired) electrons. The molecular weight excluding hydrogens is 252 g/mol. The molecule has 116 valence electrons. The van der Waals surface area contributed by atoms with Crippen LogP contribution < -0.4 is 5.73 Å². The Kier molecular flexibility index (Phi) is 8.04. The lowest BCUT2D eigenvalue weighted by Gasteiger charge is -2.26. The van der Waals surface area contributed by atoms with Crippen LogP contribution in [-0.4, -0.2) is 31.2 Å². The number of allylic oxidation sites excluding steroid dienone is 3. The van der Waals surface area contributed by atoms with Crippen LogP contribution in [0.5, 0.6) is 0 Å². The molecule has 0 aromatic carbocycles. The van der Waals surface area contributed by atoms with Crippen LogP contribution in [0, 0.1) is 5.41 Å². The molecule has 0 fully saturated rings. The summed E-state index contributed by atoms with van der Waals surface area (Å²) in [5.41, 5.74) is 7.75. The molecule has 0 heterocycles. The topological polar surface area (TPSA) is 55.6 Å². The molecule has 0 aliphatic heterocycles. The zero-order chi connectivity index (χ0) is 15.8. The van der Waals surface area contributed by atoms with Crippen molar-refractivity contribution in [2.45, 2.75) is 47.5 Å². The van der Waals surface area contributed by atoms with Crippen LogP contribution in [0.15, 0.2) is 23.4 Å². The lowest BCUT2D eigenvalue weighted by Crippen LogP contribution is -2.35. The minimum atomic E-state index is -0.270. The maximum absolute atomic E-state index is 11.8. The van der Waals surface area contributed by atoms with Crippen molar-refractivity contribution in [1.82, 2.24) is 4.90 Å². The third-order valence-corrected chi connectivity index (χ3v) is 2.67. The molecule has 0 bridgehead atoms. The highest BCUT2D eigenvalue weighted by Gasteiger charge is 2.18. The monoisotopic (exact) mass is 282 g/mol. The molecule has 4 heteroatoms. The summed E-state index contributed by atoms with van der Waals surface area (Å²) in [5, 5.41) is 0. The fraction of sp³-hybridized carbons (Fsp3) is 0.688. The summed E-state index contributed by atoms with van der Waals surface area (Å²) in [6.45, 7) is 11.3. The van der Waals surface area contributed by atoms with E-state index >= 15 is 0 Å². The second-order valence-corrected chi connectivity index (χ2v) is 6.04. The van der Waals surface area contributed by atoms with Crippen LogP contribution in [0.3, 0.4) is 0 Å². The molecular formula is C16H30N2O2. The van der Waals surface area contributed by atoms with Gasteiger partial charge in [-0.05, 0) is 29.9 Å². The van der Waals surface area contributed by atoms with E-state index < -0.39 is 0 Å². The van der Waals surface area contributed by atoms with Gasteiger partial charge in [-0.1, -0.05) is 40.7 Å². The Balaban J connectivity index is 0.00000172. The van der Waals surface area contributed by atoms with Crippen LogP contribution >= 0.6 is 0 Å². The maximum Gasteiger partial charge on any atom is 0.409 e. The van der Waals surface area contributed by atoms with E-state index in [0.29, 0.717) is 13.2 Å². The average Bonchev–Trinajstić information content (AvgIpc) is 2.38. The van der Waals surface area contributed by atoms with E-state index in [9.17, 15) is 4.79 Å². The normalized spacial score (nSPS) is 14.5. The van der Waals surface area contributed by atoms with Crippen LogP contribution in [0.4, 0.5) is 4.79 Å². The van der Waals surface area contributed by atoms with Gasteiger partial charge in [0.2, 0.25) is 0 Å². The van der Waals surface area contributed by atoms with Crippen molar-refractivity contribution in [2.24, 2.45) is 11.1 Å². The first-order valence-corrected chi connectivity index (χ1v) is 7.30. The Morgan fingerprint density at radius 3 is 2.35 bits per heavy atom. The van der Waals surface area contributed by atoms with Gasteiger partial charge in [0.15, 0.2) is 0 Å². The number of rotatable bonds is 3. The third kappa shape index (κ3) is 7.87. The van der Waals surface area contributed by atoms with E-state index in [1.54, 1.807) is 11.9 Å². The maximum atomic E-state index is 11.8. The van der Waals surface area contributed by atoms with Crippen molar-refractivity contribution in [1.29, 1.82) is 0 Å². The molecule has 2 N–H and O–H groups in total. The minimum absolute atomic E-state index is 0.0784. The molecule has 0 saturated heterocycles. The van der Waals surface area contributed by atoms with Crippen LogP contribution in [0.25, 0.3) is 0 Å². The van der Waals surface area contributed by atoms with Gasteiger partial charge >= 0.3 is 6.09 Å². The lowest BCUT2D eigenvalue weighted by atomic mass is 9.96. The smallest absolute Gasteiger partial charge is 0.409 e. The van der Waals surface area contributed by atoms with Crippen LogP contribution in [0.2, 0.25) is 0 Å². The van der Waals surface area contributed by atoms with Gasteiger partial charge in [0.1, 0.15) is 6.61 Å². The molecule has 1 amide bonds. The van der Waals surface area contributed by atoms with Crippen molar-refractivity contribution < 1.29 is 9.53 Å². The summed E-state index contributed by atoms with van der Waals surface area (Å²) in [7, 11) is 1.76. The second-order valence-electron chi connectivity index (χ2n) is 6.04. The molecule has 0 saturated carbocycles. The third-order valence-electron chi connectivity index (χ3n) is 2.67.